The maximum atomic E-state index is 6.22. The summed E-state index contributed by atoms with van der Waals surface area (Å²) < 4.78 is 6.22. The largest absolute Gasteiger partial charge is 0.469 e. The fraction of sp³-hybridized carbons (Fsp3) is 0.0909. The highest BCUT2D eigenvalue weighted by Gasteiger charge is 2.43. The summed E-state index contributed by atoms with van der Waals surface area (Å²) in [6.45, 7) is 0. The summed E-state index contributed by atoms with van der Waals surface area (Å²) in [7, 11) is 0. The number of para-hydroxylation sites is 2. The van der Waals surface area contributed by atoms with Crippen LogP contribution in [0.5, 0.6) is 5.75 Å². The molecule has 0 spiro atoms. The van der Waals surface area contributed by atoms with Crippen molar-refractivity contribution in [3.63, 3.8) is 0 Å². The molecule has 0 fully saturated rings. The zero-order valence-electron chi connectivity index (χ0n) is 13.5. The molecule has 2 aliphatic rings. The van der Waals surface area contributed by atoms with Crippen LogP contribution in [0, 0.1) is 0 Å². The van der Waals surface area contributed by atoms with Crippen LogP contribution in [0.1, 0.15) is 17.0 Å². The predicted octanol–water partition coefficient (Wildman–Crippen LogP) is 5.11. The van der Waals surface area contributed by atoms with Gasteiger partial charge in [-0.1, -0.05) is 48.5 Å². The van der Waals surface area contributed by atoms with Crippen LogP contribution in [-0.4, -0.2) is 11.2 Å². The lowest BCUT2D eigenvalue weighted by molar-refractivity contribution is 0.256. The molecular formula is C22H16N2O. The van der Waals surface area contributed by atoms with Gasteiger partial charge in [0, 0.05) is 33.4 Å². The first kappa shape index (κ1) is 13.1. The van der Waals surface area contributed by atoms with Crippen LogP contribution in [0.3, 0.4) is 0 Å². The highest BCUT2D eigenvalue weighted by molar-refractivity contribution is 5.87. The maximum absolute atomic E-state index is 6.22. The number of benzene rings is 3. The molecule has 0 bridgehead atoms. The Morgan fingerprint density at radius 1 is 0.840 bits per heavy atom. The van der Waals surface area contributed by atoms with E-state index in [9.17, 15) is 0 Å². The number of aromatic amines is 1. The van der Waals surface area contributed by atoms with E-state index in [4.69, 9.17) is 4.74 Å². The van der Waals surface area contributed by atoms with Gasteiger partial charge in [0.05, 0.1) is 5.92 Å². The molecule has 6 rings (SSSR count). The van der Waals surface area contributed by atoms with Crippen molar-refractivity contribution >= 4 is 16.6 Å². The van der Waals surface area contributed by atoms with E-state index < -0.39 is 0 Å². The molecule has 3 heteroatoms. The number of nitrogens with one attached hydrogen (secondary N) is 2. The first-order chi connectivity index (χ1) is 12.4. The van der Waals surface area contributed by atoms with Crippen LogP contribution >= 0.6 is 0 Å². The molecule has 3 nitrogen and oxygen atoms in total. The van der Waals surface area contributed by atoms with E-state index in [0.717, 1.165) is 17.0 Å². The Morgan fingerprint density at radius 2 is 1.72 bits per heavy atom. The van der Waals surface area contributed by atoms with Gasteiger partial charge in [0.1, 0.15) is 5.75 Å². The van der Waals surface area contributed by atoms with Crippen molar-refractivity contribution in [3.05, 3.63) is 83.9 Å². The Hall–Kier alpha value is -3.20. The van der Waals surface area contributed by atoms with Crippen molar-refractivity contribution in [1.82, 2.24) is 4.98 Å². The lowest BCUT2D eigenvalue weighted by Gasteiger charge is -2.11. The Morgan fingerprint density at radius 3 is 2.68 bits per heavy atom. The molecule has 0 saturated carbocycles. The Kier molecular flexibility index (Phi) is 2.45. The van der Waals surface area contributed by atoms with Crippen LogP contribution in [0.4, 0.5) is 5.69 Å². The quantitative estimate of drug-likeness (QED) is 0.510. The number of H-pyrrole nitrogens is 1. The van der Waals surface area contributed by atoms with Gasteiger partial charge < -0.3 is 15.0 Å². The molecular weight excluding hydrogens is 308 g/mol. The van der Waals surface area contributed by atoms with Crippen LogP contribution in [0.2, 0.25) is 0 Å². The maximum Gasteiger partial charge on any atom is 0.181 e. The van der Waals surface area contributed by atoms with Gasteiger partial charge in [-0.2, -0.15) is 0 Å². The Labute approximate surface area is 145 Å². The molecule has 4 aromatic rings. The lowest BCUT2D eigenvalue weighted by atomic mass is 9.88. The average molecular weight is 324 g/mol. The van der Waals surface area contributed by atoms with E-state index in [1.54, 1.807) is 0 Å². The lowest BCUT2D eigenvalue weighted by Crippen LogP contribution is -2.21. The molecule has 2 atom stereocenters. The fourth-order valence-electron chi connectivity index (χ4n) is 4.26. The molecule has 0 saturated heterocycles. The van der Waals surface area contributed by atoms with E-state index in [1.807, 2.05) is 0 Å². The van der Waals surface area contributed by atoms with Gasteiger partial charge in [-0.05, 0) is 29.8 Å². The molecule has 0 radical (unpaired) electrons. The summed E-state index contributed by atoms with van der Waals surface area (Å²) in [6, 6.07) is 25.5. The van der Waals surface area contributed by atoms with Gasteiger partial charge in [0.15, 0.2) is 6.23 Å². The summed E-state index contributed by atoms with van der Waals surface area (Å²) in [6.07, 6.45) is -0.0158. The van der Waals surface area contributed by atoms with Gasteiger partial charge in [0.25, 0.3) is 0 Å². The van der Waals surface area contributed by atoms with Crippen molar-refractivity contribution < 1.29 is 4.74 Å². The summed E-state index contributed by atoms with van der Waals surface area (Å²) in [5.41, 5.74) is 7.29. The monoisotopic (exact) mass is 324 g/mol. The predicted molar refractivity (Wildman–Crippen MR) is 100 cm³/mol. The van der Waals surface area contributed by atoms with Gasteiger partial charge in [0.2, 0.25) is 0 Å². The van der Waals surface area contributed by atoms with Crippen molar-refractivity contribution in [1.29, 1.82) is 0 Å². The smallest absolute Gasteiger partial charge is 0.181 e. The molecule has 2 N–H and O–H groups in total. The summed E-state index contributed by atoms with van der Waals surface area (Å²) >= 11 is 0. The highest BCUT2D eigenvalue weighted by atomic mass is 16.5. The minimum atomic E-state index is -0.0158. The van der Waals surface area contributed by atoms with Crippen LogP contribution in [0.25, 0.3) is 22.2 Å². The zero-order chi connectivity index (χ0) is 16.4. The molecule has 3 aromatic carbocycles. The van der Waals surface area contributed by atoms with Crippen molar-refractivity contribution in [2.24, 2.45) is 0 Å². The van der Waals surface area contributed by atoms with E-state index in [1.165, 1.54) is 27.8 Å². The first-order valence-corrected chi connectivity index (χ1v) is 8.62. The molecule has 2 unspecified atom stereocenters. The van der Waals surface area contributed by atoms with Crippen LogP contribution in [-0.2, 0) is 0 Å². The third-order valence-electron chi connectivity index (χ3n) is 5.35. The number of ether oxygens (including phenoxy) is 1. The summed E-state index contributed by atoms with van der Waals surface area (Å²) in [5, 5.41) is 4.75. The first-order valence-electron chi connectivity index (χ1n) is 8.62. The number of hydrogen-bond acceptors (Lipinski definition) is 2. The molecule has 0 amide bonds. The second-order valence-corrected chi connectivity index (χ2v) is 6.74. The van der Waals surface area contributed by atoms with Crippen molar-refractivity contribution in [2.45, 2.75) is 12.1 Å². The molecule has 120 valence electrons. The minimum absolute atomic E-state index is 0.0158. The molecule has 0 aliphatic carbocycles. The van der Waals surface area contributed by atoms with E-state index in [-0.39, 0.29) is 12.1 Å². The van der Waals surface area contributed by atoms with Gasteiger partial charge >= 0.3 is 0 Å². The Balaban J connectivity index is 1.58. The topological polar surface area (TPSA) is 37.0 Å². The van der Waals surface area contributed by atoms with E-state index in [2.05, 4.69) is 83.1 Å². The highest BCUT2D eigenvalue weighted by Crippen LogP contribution is 2.52. The van der Waals surface area contributed by atoms with E-state index in [0.29, 0.717) is 0 Å². The average Bonchev–Trinajstić information content (AvgIpc) is 3.31. The minimum Gasteiger partial charge on any atom is -0.469 e. The molecule has 3 heterocycles. The van der Waals surface area contributed by atoms with Gasteiger partial charge in [-0.25, -0.2) is 0 Å². The van der Waals surface area contributed by atoms with Crippen LogP contribution in [0.15, 0.2) is 72.8 Å². The summed E-state index contributed by atoms with van der Waals surface area (Å²) in [4.78, 5) is 3.57. The number of anilines is 1. The number of fused-ring (bicyclic) bond motifs is 6. The van der Waals surface area contributed by atoms with Crippen LogP contribution < -0.4 is 10.1 Å². The third kappa shape index (κ3) is 1.75. The normalized spacial score (nSPS) is 19.8. The van der Waals surface area contributed by atoms with Gasteiger partial charge in [-0.15, -0.1) is 0 Å². The third-order valence-corrected chi connectivity index (χ3v) is 5.35. The molecule has 1 aromatic heterocycles. The van der Waals surface area contributed by atoms with Crippen molar-refractivity contribution in [2.75, 3.05) is 5.32 Å². The summed E-state index contributed by atoms with van der Waals surface area (Å²) in [5.74, 6) is 1.21. The molecule has 2 aliphatic heterocycles. The van der Waals surface area contributed by atoms with Gasteiger partial charge in [-0.3, -0.25) is 0 Å². The van der Waals surface area contributed by atoms with Crippen molar-refractivity contribution in [3.8, 4) is 17.0 Å². The van der Waals surface area contributed by atoms with E-state index >= 15 is 0 Å². The number of aromatic nitrogens is 1. The number of rotatable bonds is 1. The molecule has 25 heavy (non-hydrogen) atoms. The second-order valence-electron chi connectivity index (χ2n) is 6.74. The fourth-order valence-corrected chi connectivity index (χ4v) is 4.26. The zero-order valence-corrected chi connectivity index (χ0v) is 13.5. The number of hydrogen-bond donors (Lipinski definition) is 2. The standard InChI is InChI=1S/C22H16N2O/c1-3-9-16-13(6-1)12-18(23-16)15-8-5-11-19-20(15)21-14-7-2-4-10-17(14)24-22(21)25-19/h1-12,21-24H. The Bertz CT molecular complexity index is 1090. The SMILES string of the molecule is c1ccc2c(c1)NC1Oc3cccc(-c4cc5ccccc5[nH]4)c3C21. The second kappa shape index (κ2) is 4.67.